The Morgan fingerprint density at radius 1 is 1.03 bits per heavy atom. The molecule has 0 N–H and O–H groups in total. The fourth-order valence-electron chi connectivity index (χ4n) is 7.83. The Bertz CT molecular complexity index is 1000. The lowest BCUT2D eigenvalue weighted by Crippen LogP contribution is -2.56. The highest BCUT2D eigenvalue weighted by molar-refractivity contribution is 5.77. The average molecular weight is 495 g/mol. The van der Waals surface area contributed by atoms with Crippen molar-refractivity contribution in [3.8, 4) is 5.75 Å². The monoisotopic (exact) mass is 494 g/mol. The quantitative estimate of drug-likeness (QED) is 0.346. The van der Waals surface area contributed by atoms with Crippen molar-refractivity contribution in [2.75, 3.05) is 20.3 Å². The second kappa shape index (κ2) is 8.39. The van der Waals surface area contributed by atoms with E-state index in [1.54, 1.807) is 6.07 Å². The van der Waals surface area contributed by atoms with Gasteiger partial charge in [-0.05, 0) is 106 Å². The van der Waals surface area contributed by atoms with Crippen molar-refractivity contribution in [1.29, 1.82) is 0 Å². The summed E-state index contributed by atoms with van der Waals surface area (Å²) in [5.41, 5.74) is 0.149. The van der Waals surface area contributed by atoms with Gasteiger partial charge < -0.3 is 14.2 Å². The molecular weight excluding hydrogens is 457 g/mol. The minimum absolute atomic E-state index is 0.0858. The average Bonchev–Trinajstić information content (AvgIpc) is 3.07. The Balaban J connectivity index is 1.45. The van der Waals surface area contributed by atoms with Crippen LogP contribution < -0.4 is 4.74 Å². The molecule has 1 saturated heterocycles. The van der Waals surface area contributed by atoms with Gasteiger partial charge in [0.05, 0.1) is 17.6 Å². The van der Waals surface area contributed by atoms with Crippen LogP contribution in [0.15, 0.2) is 12.1 Å². The number of hydrogen-bond acceptors (Lipinski definition) is 4. The maximum Gasteiger partial charge on any atom is 0.419 e. The summed E-state index contributed by atoms with van der Waals surface area (Å²) in [6, 6.07) is 2.99. The van der Waals surface area contributed by atoms with Gasteiger partial charge >= 0.3 is 12.1 Å². The van der Waals surface area contributed by atoms with Gasteiger partial charge in [0, 0.05) is 12.5 Å². The van der Waals surface area contributed by atoms with Gasteiger partial charge in [-0.15, -0.1) is 0 Å². The SMILES string of the molecule is COCCOc1cc2c(cc1C(F)(F)F)C1CCC3(C)C(CC[C@@]34CCC(C)(C)C(=O)O4)C1CC2. The van der Waals surface area contributed by atoms with E-state index in [9.17, 15) is 18.0 Å². The van der Waals surface area contributed by atoms with E-state index in [0.717, 1.165) is 62.5 Å². The smallest absolute Gasteiger partial charge is 0.419 e. The fourth-order valence-corrected chi connectivity index (χ4v) is 7.83. The van der Waals surface area contributed by atoms with Crippen LogP contribution in [0.5, 0.6) is 5.75 Å². The minimum atomic E-state index is -4.48. The highest BCUT2D eigenvalue weighted by Gasteiger charge is 2.65. The Labute approximate surface area is 205 Å². The van der Waals surface area contributed by atoms with E-state index < -0.39 is 22.8 Å². The number of carbonyl (C=O) groups is 1. The van der Waals surface area contributed by atoms with Crippen molar-refractivity contribution < 1.29 is 32.2 Å². The summed E-state index contributed by atoms with van der Waals surface area (Å²) in [7, 11) is 1.50. The van der Waals surface area contributed by atoms with Crippen LogP contribution in [0.4, 0.5) is 13.2 Å². The normalized spacial score (nSPS) is 35.7. The number of halogens is 3. The molecule has 5 rings (SSSR count). The molecule has 1 aromatic rings. The van der Waals surface area contributed by atoms with Crippen LogP contribution in [0.3, 0.4) is 0 Å². The molecule has 1 heterocycles. The first kappa shape index (κ1) is 24.9. The lowest BCUT2D eigenvalue weighted by atomic mass is 9.52. The molecule has 4 unspecified atom stereocenters. The number of alkyl halides is 3. The highest BCUT2D eigenvalue weighted by Crippen LogP contribution is 2.67. The van der Waals surface area contributed by atoms with Gasteiger partial charge in [0.1, 0.15) is 18.0 Å². The van der Waals surface area contributed by atoms with E-state index in [4.69, 9.17) is 14.2 Å². The third-order valence-corrected chi connectivity index (χ3v) is 9.96. The molecule has 5 atom stereocenters. The van der Waals surface area contributed by atoms with Gasteiger partial charge in [0.25, 0.3) is 0 Å². The number of aryl methyl sites for hydroxylation is 1. The van der Waals surface area contributed by atoms with Crippen LogP contribution in [0.25, 0.3) is 0 Å². The van der Waals surface area contributed by atoms with Gasteiger partial charge in [-0.3, -0.25) is 4.79 Å². The summed E-state index contributed by atoms with van der Waals surface area (Å²) in [5.74, 6) is 0.587. The zero-order valence-electron chi connectivity index (χ0n) is 21.2. The Hall–Kier alpha value is -1.76. The third-order valence-electron chi connectivity index (χ3n) is 9.96. The standard InChI is InChI=1S/C28H37F3O4/c1-25(2)11-12-27(35-24(25)32)10-8-21-19-6-5-17-15-23(34-14-13-33-4)22(28(29,30)31)16-20(17)18(19)7-9-26(21,27)3/h15-16,18-19,21H,5-14H2,1-4H3/t18?,19?,21?,26?,27-/m1/s1. The first-order valence-electron chi connectivity index (χ1n) is 13.0. The van der Waals surface area contributed by atoms with E-state index in [1.165, 1.54) is 13.2 Å². The molecule has 4 nitrogen and oxygen atoms in total. The van der Waals surface area contributed by atoms with Crippen LogP contribution in [0.2, 0.25) is 0 Å². The molecule has 2 saturated carbocycles. The second-order valence-corrected chi connectivity index (χ2v) is 12.1. The lowest BCUT2D eigenvalue weighted by Gasteiger charge is -2.56. The van der Waals surface area contributed by atoms with Gasteiger partial charge in [-0.2, -0.15) is 13.2 Å². The van der Waals surface area contributed by atoms with Crippen LogP contribution >= 0.6 is 0 Å². The summed E-state index contributed by atoms with van der Waals surface area (Å²) in [6.07, 6.45) is 2.48. The summed E-state index contributed by atoms with van der Waals surface area (Å²) in [6.45, 7) is 6.52. The molecule has 1 aliphatic heterocycles. The zero-order valence-corrected chi connectivity index (χ0v) is 21.2. The molecule has 0 amide bonds. The number of fused-ring (bicyclic) bond motifs is 6. The number of hydrogen-bond donors (Lipinski definition) is 0. The van der Waals surface area contributed by atoms with Crippen molar-refractivity contribution in [1.82, 2.24) is 0 Å². The van der Waals surface area contributed by atoms with Crippen molar-refractivity contribution in [2.24, 2.45) is 22.7 Å². The Kier molecular flexibility index (Phi) is 5.97. The molecule has 194 valence electrons. The minimum Gasteiger partial charge on any atom is -0.491 e. The molecule has 0 aromatic heterocycles. The third kappa shape index (κ3) is 3.87. The van der Waals surface area contributed by atoms with Gasteiger partial charge in [0.2, 0.25) is 0 Å². The van der Waals surface area contributed by atoms with Gasteiger partial charge in [0.15, 0.2) is 0 Å². The van der Waals surface area contributed by atoms with Gasteiger partial charge in [-0.1, -0.05) is 6.92 Å². The van der Waals surface area contributed by atoms with E-state index in [2.05, 4.69) is 6.92 Å². The molecule has 7 heteroatoms. The van der Waals surface area contributed by atoms with Crippen molar-refractivity contribution >= 4 is 5.97 Å². The van der Waals surface area contributed by atoms with E-state index in [1.807, 2.05) is 13.8 Å². The number of rotatable bonds is 4. The van der Waals surface area contributed by atoms with E-state index >= 15 is 0 Å². The number of esters is 1. The van der Waals surface area contributed by atoms with E-state index in [0.29, 0.717) is 11.8 Å². The summed E-state index contributed by atoms with van der Waals surface area (Å²) in [4.78, 5) is 12.8. The van der Waals surface area contributed by atoms with Gasteiger partial charge in [-0.25, -0.2) is 0 Å². The summed E-state index contributed by atoms with van der Waals surface area (Å²) < 4.78 is 58.8. The molecule has 1 aromatic carbocycles. The number of ether oxygens (including phenoxy) is 3. The van der Waals surface area contributed by atoms with Crippen LogP contribution in [-0.4, -0.2) is 31.9 Å². The van der Waals surface area contributed by atoms with Crippen LogP contribution in [0, 0.1) is 22.7 Å². The van der Waals surface area contributed by atoms with Crippen LogP contribution in [0.1, 0.15) is 88.3 Å². The topological polar surface area (TPSA) is 44.8 Å². The number of benzene rings is 1. The molecule has 4 aliphatic rings. The Morgan fingerprint density at radius 2 is 1.80 bits per heavy atom. The number of carbonyl (C=O) groups excluding carboxylic acids is 1. The maximum atomic E-state index is 14.0. The zero-order chi connectivity index (χ0) is 25.2. The first-order valence-corrected chi connectivity index (χ1v) is 13.0. The second-order valence-electron chi connectivity index (χ2n) is 12.1. The molecule has 35 heavy (non-hydrogen) atoms. The van der Waals surface area contributed by atoms with Crippen molar-refractivity contribution in [3.05, 3.63) is 28.8 Å². The molecule has 1 spiro atoms. The van der Waals surface area contributed by atoms with Crippen molar-refractivity contribution in [3.63, 3.8) is 0 Å². The fraction of sp³-hybridized carbons (Fsp3) is 0.750. The lowest BCUT2D eigenvalue weighted by molar-refractivity contribution is -0.206. The van der Waals surface area contributed by atoms with Crippen LogP contribution in [-0.2, 0) is 26.9 Å². The molecule has 3 aliphatic carbocycles. The number of methoxy groups -OCH3 is 1. The molecular formula is C28H37F3O4. The Morgan fingerprint density at radius 3 is 2.49 bits per heavy atom. The van der Waals surface area contributed by atoms with E-state index in [-0.39, 0.29) is 36.3 Å². The predicted molar refractivity (Wildman–Crippen MR) is 125 cm³/mol. The summed E-state index contributed by atoms with van der Waals surface area (Å²) >= 11 is 0. The molecule has 0 bridgehead atoms. The van der Waals surface area contributed by atoms with Crippen molar-refractivity contribution in [2.45, 2.75) is 89.8 Å². The highest BCUT2D eigenvalue weighted by atomic mass is 19.4. The largest absolute Gasteiger partial charge is 0.491 e. The molecule has 0 radical (unpaired) electrons. The molecule has 3 fully saturated rings. The predicted octanol–water partition coefficient (Wildman–Crippen LogP) is 6.69. The maximum absolute atomic E-state index is 14.0. The first-order chi connectivity index (χ1) is 16.4. The summed E-state index contributed by atoms with van der Waals surface area (Å²) in [5, 5.41) is 0.